The summed E-state index contributed by atoms with van der Waals surface area (Å²) in [5, 5.41) is 0.732. The van der Waals surface area contributed by atoms with Crippen LogP contribution in [0, 0.1) is 11.7 Å². The van der Waals surface area contributed by atoms with E-state index in [1.807, 2.05) is 24.3 Å². The average Bonchev–Trinajstić information content (AvgIpc) is 3.15. The molecule has 29 heavy (non-hydrogen) atoms. The first-order valence-corrected chi connectivity index (χ1v) is 11.5. The van der Waals surface area contributed by atoms with E-state index in [0.717, 1.165) is 27.4 Å². The molecule has 1 aliphatic heterocycles. The van der Waals surface area contributed by atoms with Crippen LogP contribution in [-0.2, 0) is 26.2 Å². The number of hydrogen-bond acceptors (Lipinski definition) is 6. The summed E-state index contributed by atoms with van der Waals surface area (Å²) in [6, 6.07) is 12.5. The SMILES string of the molecule is O=C(OCc1nc2ccccc2s1)C1CCN(S(=O)(=O)c2ccc(F)cc2)CC1. The molecular formula is C20H19FN2O4S2. The van der Waals surface area contributed by atoms with Crippen molar-refractivity contribution in [1.29, 1.82) is 0 Å². The van der Waals surface area contributed by atoms with Gasteiger partial charge >= 0.3 is 5.97 Å². The van der Waals surface area contributed by atoms with Crippen LogP contribution in [0.1, 0.15) is 17.8 Å². The monoisotopic (exact) mass is 434 g/mol. The summed E-state index contributed by atoms with van der Waals surface area (Å²) < 4.78 is 46.1. The number of aromatic nitrogens is 1. The number of esters is 1. The fourth-order valence-corrected chi connectivity index (χ4v) is 5.67. The molecule has 1 saturated heterocycles. The third-order valence-corrected chi connectivity index (χ3v) is 7.84. The van der Waals surface area contributed by atoms with Gasteiger partial charge in [-0.05, 0) is 49.2 Å². The third kappa shape index (κ3) is 4.31. The molecule has 0 spiro atoms. The number of sulfonamides is 1. The quantitative estimate of drug-likeness (QED) is 0.574. The first-order valence-electron chi connectivity index (χ1n) is 9.20. The van der Waals surface area contributed by atoms with Gasteiger partial charge in [0.2, 0.25) is 10.0 Å². The van der Waals surface area contributed by atoms with Crippen molar-refractivity contribution < 1.29 is 22.3 Å². The van der Waals surface area contributed by atoms with Gasteiger partial charge in [0.15, 0.2) is 0 Å². The number of carbonyl (C=O) groups excluding carboxylic acids is 1. The van der Waals surface area contributed by atoms with E-state index in [9.17, 15) is 17.6 Å². The summed E-state index contributed by atoms with van der Waals surface area (Å²) in [6.45, 7) is 0.563. The van der Waals surface area contributed by atoms with Gasteiger partial charge in [-0.2, -0.15) is 4.31 Å². The van der Waals surface area contributed by atoms with Gasteiger partial charge in [0, 0.05) is 13.1 Å². The second-order valence-electron chi connectivity index (χ2n) is 6.82. The van der Waals surface area contributed by atoms with Crippen molar-refractivity contribution in [2.24, 2.45) is 5.92 Å². The summed E-state index contributed by atoms with van der Waals surface area (Å²) in [5.74, 6) is -1.16. The predicted molar refractivity (Wildman–Crippen MR) is 107 cm³/mol. The molecule has 6 nitrogen and oxygen atoms in total. The van der Waals surface area contributed by atoms with E-state index in [4.69, 9.17) is 4.74 Å². The number of nitrogens with zero attached hydrogens (tertiary/aromatic N) is 2. The molecule has 3 aromatic rings. The Balaban J connectivity index is 1.32. The maximum absolute atomic E-state index is 13.0. The van der Waals surface area contributed by atoms with Crippen LogP contribution < -0.4 is 0 Å². The van der Waals surface area contributed by atoms with Crippen molar-refractivity contribution >= 4 is 37.5 Å². The summed E-state index contributed by atoms with van der Waals surface area (Å²) in [4.78, 5) is 16.9. The normalized spacial score (nSPS) is 16.2. The van der Waals surface area contributed by atoms with Crippen LogP contribution in [0.25, 0.3) is 10.2 Å². The molecule has 0 amide bonds. The molecule has 2 aromatic carbocycles. The third-order valence-electron chi connectivity index (χ3n) is 4.91. The number of ether oxygens (including phenoxy) is 1. The average molecular weight is 435 g/mol. The van der Waals surface area contributed by atoms with E-state index in [0.29, 0.717) is 12.8 Å². The van der Waals surface area contributed by atoms with Crippen molar-refractivity contribution in [3.63, 3.8) is 0 Å². The molecule has 0 unspecified atom stereocenters. The molecule has 0 atom stereocenters. The zero-order chi connectivity index (χ0) is 20.4. The maximum Gasteiger partial charge on any atom is 0.309 e. The molecule has 152 valence electrons. The minimum absolute atomic E-state index is 0.0516. The van der Waals surface area contributed by atoms with Crippen molar-refractivity contribution in [3.05, 3.63) is 59.4 Å². The van der Waals surface area contributed by atoms with Crippen molar-refractivity contribution in [1.82, 2.24) is 9.29 Å². The Morgan fingerprint density at radius 2 is 1.83 bits per heavy atom. The first kappa shape index (κ1) is 19.9. The van der Waals surface area contributed by atoms with Gasteiger partial charge in [0.05, 0.1) is 21.0 Å². The second kappa shape index (κ2) is 8.17. The fraction of sp³-hybridized carbons (Fsp3) is 0.300. The van der Waals surface area contributed by atoms with Crippen LogP contribution in [-0.4, -0.2) is 36.8 Å². The van der Waals surface area contributed by atoms with E-state index in [-0.39, 0.29) is 36.5 Å². The van der Waals surface area contributed by atoms with Crippen LogP contribution >= 0.6 is 11.3 Å². The molecule has 9 heteroatoms. The number of benzene rings is 2. The van der Waals surface area contributed by atoms with Crippen LogP contribution in [0.3, 0.4) is 0 Å². The lowest BCUT2D eigenvalue weighted by Gasteiger charge is -2.30. The number of thiazole rings is 1. The highest BCUT2D eigenvalue weighted by atomic mass is 32.2. The topological polar surface area (TPSA) is 76.6 Å². The minimum atomic E-state index is -3.69. The molecule has 2 heterocycles. The van der Waals surface area contributed by atoms with E-state index in [2.05, 4.69) is 4.98 Å². The van der Waals surface area contributed by atoms with Gasteiger partial charge in [-0.1, -0.05) is 12.1 Å². The second-order valence-corrected chi connectivity index (χ2v) is 9.87. The number of hydrogen-bond donors (Lipinski definition) is 0. The lowest BCUT2D eigenvalue weighted by atomic mass is 9.98. The molecule has 0 bridgehead atoms. The Kier molecular flexibility index (Phi) is 5.62. The van der Waals surface area contributed by atoms with E-state index >= 15 is 0 Å². The van der Waals surface area contributed by atoms with Crippen molar-refractivity contribution in [2.75, 3.05) is 13.1 Å². The van der Waals surface area contributed by atoms with Crippen molar-refractivity contribution in [2.45, 2.75) is 24.3 Å². The summed E-state index contributed by atoms with van der Waals surface area (Å²) in [5.41, 5.74) is 0.878. The lowest BCUT2D eigenvalue weighted by Crippen LogP contribution is -2.40. The van der Waals surface area contributed by atoms with Gasteiger partial charge in [-0.3, -0.25) is 4.79 Å². The lowest BCUT2D eigenvalue weighted by molar-refractivity contribution is -0.151. The first-order chi connectivity index (χ1) is 13.9. The zero-order valence-electron chi connectivity index (χ0n) is 15.5. The van der Waals surface area contributed by atoms with Gasteiger partial charge in [-0.15, -0.1) is 11.3 Å². The van der Waals surface area contributed by atoms with Gasteiger partial charge < -0.3 is 4.74 Å². The van der Waals surface area contributed by atoms with E-state index < -0.39 is 15.8 Å². The highest BCUT2D eigenvalue weighted by molar-refractivity contribution is 7.89. The van der Waals surface area contributed by atoms with Gasteiger partial charge in [0.25, 0.3) is 0 Å². The molecule has 0 saturated carbocycles. The largest absolute Gasteiger partial charge is 0.458 e. The van der Waals surface area contributed by atoms with Gasteiger partial charge in [0.1, 0.15) is 17.4 Å². The maximum atomic E-state index is 13.0. The number of carbonyl (C=O) groups is 1. The van der Waals surface area contributed by atoms with E-state index in [1.54, 1.807) is 0 Å². The predicted octanol–water partition coefficient (Wildman–Crippen LogP) is 3.58. The van der Waals surface area contributed by atoms with Crippen LogP contribution in [0.5, 0.6) is 0 Å². The van der Waals surface area contributed by atoms with Crippen molar-refractivity contribution in [3.8, 4) is 0 Å². The standard InChI is InChI=1S/C20H19FN2O4S2/c21-15-5-7-16(8-6-15)29(25,26)23-11-9-14(10-12-23)20(24)27-13-19-22-17-3-1-2-4-18(17)28-19/h1-8,14H,9-13H2. The highest BCUT2D eigenvalue weighted by Gasteiger charge is 2.32. The van der Waals surface area contributed by atoms with Crippen LogP contribution in [0.4, 0.5) is 4.39 Å². The number of piperidine rings is 1. The zero-order valence-corrected chi connectivity index (χ0v) is 17.1. The number of para-hydroxylation sites is 1. The number of rotatable bonds is 5. The fourth-order valence-electron chi connectivity index (χ4n) is 3.32. The molecule has 4 rings (SSSR count). The van der Waals surface area contributed by atoms with E-state index in [1.165, 1.54) is 27.8 Å². The Morgan fingerprint density at radius 3 is 2.52 bits per heavy atom. The summed E-state index contributed by atoms with van der Waals surface area (Å²) >= 11 is 1.49. The number of fused-ring (bicyclic) bond motifs is 1. The minimum Gasteiger partial charge on any atom is -0.458 e. The highest BCUT2D eigenvalue weighted by Crippen LogP contribution is 2.26. The van der Waals surface area contributed by atoms with Crippen LogP contribution in [0.15, 0.2) is 53.4 Å². The van der Waals surface area contributed by atoms with Gasteiger partial charge in [-0.25, -0.2) is 17.8 Å². The Labute approximate surface area is 172 Å². The summed E-state index contributed by atoms with van der Waals surface area (Å²) in [7, 11) is -3.69. The van der Waals surface area contributed by atoms with Crippen LogP contribution in [0.2, 0.25) is 0 Å². The Hall–Kier alpha value is -2.36. The molecule has 0 aliphatic carbocycles. The Bertz CT molecular complexity index is 1090. The molecule has 1 fully saturated rings. The molecule has 1 aromatic heterocycles. The number of halogens is 1. The Morgan fingerprint density at radius 1 is 1.14 bits per heavy atom. The molecular weight excluding hydrogens is 415 g/mol. The molecule has 0 radical (unpaired) electrons. The molecule has 1 aliphatic rings. The smallest absolute Gasteiger partial charge is 0.309 e. The molecule has 0 N–H and O–H groups in total. The summed E-state index contributed by atoms with van der Waals surface area (Å²) in [6.07, 6.45) is 0.776.